The molecule has 1 unspecified atom stereocenters. The molecule has 0 aliphatic heterocycles. The van der Waals surface area contributed by atoms with E-state index < -0.39 is 0 Å². The average molecular weight is 367 g/mol. The lowest BCUT2D eigenvalue weighted by Crippen LogP contribution is -2.16. The van der Waals surface area contributed by atoms with Gasteiger partial charge in [-0.2, -0.15) is 0 Å². The van der Waals surface area contributed by atoms with Crippen molar-refractivity contribution in [1.29, 1.82) is 0 Å². The normalized spacial score (nSPS) is 13.0. The van der Waals surface area contributed by atoms with Crippen molar-refractivity contribution in [2.75, 3.05) is 0 Å². The van der Waals surface area contributed by atoms with Gasteiger partial charge in [-0.3, -0.25) is 0 Å². The Morgan fingerprint density at radius 3 is 1.19 bits per heavy atom. The van der Waals surface area contributed by atoms with E-state index in [1.807, 2.05) is 0 Å². The van der Waals surface area contributed by atoms with Gasteiger partial charge in [0.2, 0.25) is 0 Å². The summed E-state index contributed by atoms with van der Waals surface area (Å²) in [5, 5.41) is 0. The fourth-order valence-corrected chi connectivity index (χ4v) is 4.52. The number of rotatable bonds is 20. The summed E-state index contributed by atoms with van der Waals surface area (Å²) in [5.74, 6) is 2.92. The molecule has 0 heteroatoms. The minimum absolute atomic E-state index is 0.878. The molecular weight excluding hydrogens is 312 g/mol. The maximum atomic E-state index is 2.39. The molecule has 0 fully saturated rings. The highest BCUT2D eigenvalue weighted by Gasteiger charge is 2.20. The predicted molar refractivity (Wildman–Crippen MR) is 122 cm³/mol. The Morgan fingerprint density at radius 1 is 0.385 bits per heavy atom. The molecule has 0 bridgehead atoms. The summed E-state index contributed by atoms with van der Waals surface area (Å²) in [6.07, 6.45) is 26.3. The van der Waals surface area contributed by atoms with Gasteiger partial charge in [0.1, 0.15) is 0 Å². The Bertz CT molecular complexity index is 245. The lowest BCUT2D eigenvalue weighted by Gasteiger charge is -2.28. The maximum absolute atomic E-state index is 2.39. The molecule has 0 N–H and O–H groups in total. The molecule has 0 saturated carbocycles. The highest BCUT2D eigenvalue weighted by atomic mass is 14.3. The molecule has 0 radical (unpaired) electrons. The fourth-order valence-electron chi connectivity index (χ4n) is 4.52. The first-order valence-corrected chi connectivity index (χ1v) is 12.7. The van der Waals surface area contributed by atoms with Crippen LogP contribution in [0.3, 0.4) is 0 Å². The standard InChI is InChI=1S/C26H54/c1-6-9-12-13-14-17-22-26(23-18-19-24(4)5)25(20-15-10-7-2)21-16-11-8-3/h24-26H,6-23H2,1-5H3. The zero-order valence-electron chi connectivity index (χ0n) is 19.5. The molecule has 0 rings (SSSR count). The SMILES string of the molecule is CCCCCCCCC(CCCC(C)C)C(CCCCC)CCCCC. The van der Waals surface area contributed by atoms with E-state index in [1.54, 1.807) is 0 Å². The van der Waals surface area contributed by atoms with Crippen LogP contribution in [0.15, 0.2) is 0 Å². The van der Waals surface area contributed by atoms with E-state index in [2.05, 4.69) is 34.6 Å². The smallest absolute Gasteiger partial charge is 0.0386 e. The van der Waals surface area contributed by atoms with Crippen LogP contribution in [0, 0.1) is 17.8 Å². The van der Waals surface area contributed by atoms with Crippen LogP contribution in [0.2, 0.25) is 0 Å². The number of hydrogen-bond donors (Lipinski definition) is 0. The Balaban J connectivity index is 4.49. The summed E-state index contributed by atoms with van der Waals surface area (Å²) in [7, 11) is 0. The maximum Gasteiger partial charge on any atom is -0.0386 e. The van der Waals surface area contributed by atoms with Gasteiger partial charge in [-0.05, 0) is 17.8 Å². The zero-order chi connectivity index (χ0) is 19.5. The molecule has 0 aromatic heterocycles. The van der Waals surface area contributed by atoms with E-state index in [4.69, 9.17) is 0 Å². The van der Waals surface area contributed by atoms with Crippen LogP contribution in [0.4, 0.5) is 0 Å². The fraction of sp³-hybridized carbons (Fsp3) is 1.00. The summed E-state index contributed by atoms with van der Waals surface area (Å²) >= 11 is 0. The van der Waals surface area contributed by atoms with Crippen molar-refractivity contribution in [2.24, 2.45) is 17.8 Å². The van der Waals surface area contributed by atoms with Gasteiger partial charge in [0, 0.05) is 0 Å². The number of unbranched alkanes of at least 4 members (excludes halogenated alkanes) is 9. The van der Waals surface area contributed by atoms with Crippen molar-refractivity contribution < 1.29 is 0 Å². The van der Waals surface area contributed by atoms with Crippen molar-refractivity contribution in [3.63, 3.8) is 0 Å². The van der Waals surface area contributed by atoms with Gasteiger partial charge in [0.25, 0.3) is 0 Å². The van der Waals surface area contributed by atoms with Gasteiger partial charge in [-0.25, -0.2) is 0 Å². The first-order valence-electron chi connectivity index (χ1n) is 12.7. The van der Waals surface area contributed by atoms with Crippen LogP contribution in [0.1, 0.15) is 150 Å². The lowest BCUT2D eigenvalue weighted by molar-refractivity contribution is 0.235. The molecular formula is C26H54. The van der Waals surface area contributed by atoms with Gasteiger partial charge in [-0.15, -0.1) is 0 Å². The second kappa shape index (κ2) is 19.8. The van der Waals surface area contributed by atoms with Crippen LogP contribution in [0.25, 0.3) is 0 Å². The summed E-state index contributed by atoms with van der Waals surface area (Å²) in [6.45, 7) is 11.8. The van der Waals surface area contributed by atoms with Crippen LogP contribution in [0.5, 0.6) is 0 Å². The highest BCUT2D eigenvalue weighted by Crippen LogP contribution is 2.33. The molecule has 0 heterocycles. The molecule has 0 saturated heterocycles. The van der Waals surface area contributed by atoms with Gasteiger partial charge < -0.3 is 0 Å². The summed E-state index contributed by atoms with van der Waals surface area (Å²) in [6, 6.07) is 0. The summed E-state index contributed by atoms with van der Waals surface area (Å²) in [4.78, 5) is 0. The third-order valence-corrected chi connectivity index (χ3v) is 6.31. The lowest BCUT2D eigenvalue weighted by atomic mass is 9.78. The van der Waals surface area contributed by atoms with Gasteiger partial charge in [0.15, 0.2) is 0 Å². The zero-order valence-corrected chi connectivity index (χ0v) is 19.5. The van der Waals surface area contributed by atoms with Gasteiger partial charge in [0.05, 0.1) is 0 Å². The quantitative estimate of drug-likeness (QED) is 0.188. The topological polar surface area (TPSA) is 0 Å². The van der Waals surface area contributed by atoms with E-state index in [-0.39, 0.29) is 0 Å². The van der Waals surface area contributed by atoms with Crippen molar-refractivity contribution in [1.82, 2.24) is 0 Å². The first-order chi connectivity index (χ1) is 12.7. The molecule has 0 aliphatic rings. The van der Waals surface area contributed by atoms with Gasteiger partial charge >= 0.3 is 0 Å². The largest absolute Gasteiger partial charge is 0.0654 e. The molecule has 0 aromatic rings. The molecule has 0 spiro atoms. The second-order valence-electron chi connectivity index (χ2n) is 9.39. The van der Waals surface area contributed by atoms with Crippen LogP contribution in [-0.4, -0.2) is 0 Å². The van der Waals surface area contributed by atoms with E-state index in [1.165, 1.54) is 116 Å². The molecule has 1 atom stereocenters. The van der Waals surface area contributed by atoms with E-state index in [0.717, 1.165) is 17.8 Å². The minimum Gasteiger partial charge on any atom is -0.0654 e. The number of hydrogen-bond acceptors (Lipinski definition) is 0. The highest BCUT2D eigenvalue weighted by molar-refractivity contribution is 4.72. The third-order valence-electron chi connectivity index (χ3n) is 6.31. The molecule has 26 heavy (non-hydrogen) atoms. The van der Waals surface area contributed by atoms with Crippen LogP contribution >= 0.6 is 0 Å². The monoisotopic (exact) mass is 366 g/mol. The Morgan fingerprint density at radius 2 is 0.731 bits per heavy atom. The minimum atomic E-state index is 0.878. The average Bonchev–Trinajstić information content (AvgIpc) is 2.62. The Hall–Kier alpha value is 0. The Kier molecular flexibility index (Phi) is 19.8. The molecule has 0 aliphatic carbocycles. The van der Waals surface area contributed by atoms with E-state index in [9.17, 15) is 0 Å². The van der Waals surface area contributed by atoms with Crippen LogP contribution in [-0.2, 0) is 0 Å². The van der Waals surface area contributed by atoms with E-state index >= 15 is 0 Å². The predicted octanol–water partition coefficient (Wildman–Crippen LogP) is 9.96. The molecule has 0 amide bonds. The molecule has 158 valence electrons. The van der Waals surface area contributed by atoms with E-state index in [0.29, 0.717) is 0 Å². The molecule has 0 aromatic carbocycles. The summed E-state index contributed by atoms with van der Waals surface area (Å²) in [5.41, 5.74) is 0. The first kappa shape index (κ1) is 26.0. The van der Waals surface area contributed by atoms with Crippen molar-refractivity contribution >= 4 is 0 Å². The Labute approximate surface area is 168 Å². The van der Waals surface area contributed by atoms with Gasteiger partial charge in [-0.1, -0.05) is 150 Å². The third kappa shape index (κ3) is 16.2. The summed E-state index contributed by atoms with van der Waals surface area (Å²) < 4.78 is 0. The van der Waals surface area contributed by atoms with Crippen molar-refractivity contribution in [3.8, 4) is 0 Å². The van der Waals surface area contributed by atoms with Crippen LogP contribution < -0.4 is 0 Å². The van der Waals surface area contributed by atoms with Crippen molar-refractivity contribution in [3.05, 3.63) is 0 Å². The van der Waals surface area contributed by atoms with Crippen molar-refractivity contribution in [2.45, 2.75) is 150 Å². The molecule has 0 nitrogen and oxygen atoms in total. The second-order valence-corrected chi connectivity index (χ2v) is 9.39.